The normalized spacial score (nSPS) is 20.0. The van der Waals surface area contributed by atoms with E-state index < -0.39 is 15.7 Å². The molecular formula is C21H27NO5S. The van der Waals surface area contributed by atoms with Gasteiger partial charge in [-0.25, -0.2) is 8.42 Å². The summed E-state index contributed by atoms with van der Waals surface area (Å²) in [6.45, 7) is 2.98. The number of carbonyl (C=O) groups excluding carboxylic acids is 1. The predicted octanol–water partition coefficient (Wildman–Crippen LogP) is 3.58. The molecule has 2 unspecified atom stereocenters. The molecule has 1 heterocycles. The van der Waals surface area contributed by atoms with Crippen molar-refractivity contribution in [2.24, 2.45) is 5.92 Å². The zero-order valence-electron chi connectivity index (χ0n) is 16.1. The third kappa shape index (κ3) is 5.23. The minimum Gasteiger partial charge on any atom is -0.459 e. The molecule has 2 aromatic rings. The first kappa shape index (κ1) is 20.6. The molecule has 1 N–H and O–H groups in total. The molecule has 0 radical (unpaired) electrons. The zero-order chi connectivity index (χ0) is 20.0. The molecule has 1 aromatic heterocycles. The number of furan rings is 1. The lowest BCUT2D eigenvalue weighted by Gasteiger charge is -2.28. The molecule has 1 saturated carbocycles. The van der Waals surface area contributed by atoms with Crippen molar-refractivity contribution in [2.75, 3.05) is 13.2 Å². The summed E-state index contributed by atoms with van der Waals surface area (Å²) in [5.41, 5.74) is 0.350. The quantitative estimate of drug-likeness (QED) is 0.679. The second-order valence-electron chi connectivity index (χ2n) is 7.27. The Morgan fingerprint density at radius 3 is 2.68 bits per heavy atom. The van der Waals surface area contributed by atoms with E-state index in [1.807, 2.05) is 0 Å². The van der Waals surface area contributed by atoms with Gasteiger partial charge in [0.25, 0.3) is 5.91 Å². The molecule has 1 fully saturated rings. The molecule has 1 aliphatic carbocycles. The van der Waals surface area contributed by atoms with Crippen LogP contribution in [-0.4, -0.2) is 33.6 Å². The molecule has 152 valence electrons. The number of amides is 1. The van der Waals surface area contributed by atoms with E-state index >= 15 is 0 Å². The first-order valence-electron chi connectivity index (χ1n) is 9.71. The lowest BCUT2D eigenvalue weighted by atomic mass is 9.88. The van der Waals surface area contributed by atoms with Crippen LogP contribution in [0.3, 0.4) is 0 Å². The van der Waals surface area contributed by atoms with Gasteiger partial charge in [-0.2, -0.15) is 0 Å². The molecule has 6 nitrogen and oxygen atoms in total. The van der Waals surface area contributed by atoms with Crippen LogP contribution in [0, 0.1) is 5.92 Å². The largest absolute Gasteiger partial charge is 0.459 e. The number of carbonyl (C=O) groups is 1. The molecule has 0 bridgehead atoms. The minimum atomic E-state index is -3.55. The number of hydrogen-bond acceptors (Lipinski definition) is 5. The smallest absolute Gasteiger partial charge is 0.287 e. The molecule has 0 saturated heterocycles. The number of sulfone groups is 1. The van der Waals surface area contributed by atoms with Gasteiger partial charge in [-0.05, 0) is 37.0 Å². The molecule has 0 aliphatic heterocycles. The van der Waals surface area contributed by atoms with Gasteiger partial charge in [0.05, 0.1) is 29.6 Å². The van der Waals surface area contributed by atoms with Gasteiger partial charge >= 0.3 is 0 Å². The van der Waals surface area contributed by atoms with Crippen LogP contribution in [0.1, 0.15) is 48.7 Å². The highest BCUT2D eigenvalue weighted by Crippen LogP contribution is 2.26. The van der Waals surface area contributed by atoms with E-state index in [4.69, 9.17) is 9.15 Å². The Bertz CT molecular complexity index is 875. The fraction of sp³-hybridized carbons (Fsp3) is 0.476. The highest BCUT2D eigenvalue weighted by molar-refractivity contribution is 7.90. The Kier molecular flexibility index (Phi) is 6.91. The molecule has 7 heteroatoms. The van der Waals surface area contributed by atoms with Gasteiger partial charge in [-0.1, -0.05) is 38.0 Å². The van der Waals surface area contributed by atoms with Gasteiger partial charge in [0, 0.05) is 12.1 Å². The van der Waals surface area contributed by atoms with Crippen molar-refractivity contribution in [1.82, 2.24) is 5.32 Å². The lowest BCUT2D eigenvalue weighted by molar-refractivity contribution is -0.00300. The molecule has 1 aromatic carbocycles. The summed E-state index contributed by atoms with van der Waals surface area (Å²) in [6.07, 6.45) is 6.28. The Hall–Kier alpha value is -2.12. The van der Waals surface area contributed by atoms with Crippen molar-refractivity contribution in [3.8, 4) is 0 Å². The van der Waals surface area contributed by atoms with Crippen molar-refractivity contribution in [3.05, 3.63) is 54.0 Å². The second kappa shape index (κ2) is 9.39. The second-order valence-corrected chi connectivity index (χ2v) is 9.26. The maximum atomic E-state index is 12.5. The number of nitrogens with one attached hydrogen (secondary N) is 1. The van der Waals surface area contributed by atoms with Crippen molar-refractivity contribution in [3.63, 3.8) is 0 Å². The van der Waals surface area contributed by atoms with Crippen molar-refractivity contribution in [2.45, 2.75) is 49.4 Å². The molecule has 1 amide bonds. The Balaban J connectivity index is 1.53. The maximum Gasteiger partial charge on any atom is 0.287 e. The van der Waals surface area contributed by atoms with Crippen molar-refractivity contribution in [1.29, 1.82) is 0 Å². The number of rotatable bonds is 8. The predicted molar refractivity (Wildman–Crippen MR) is 106 cm³/mol. The van der Waals surface area contributed by atoms with Crippen LogP contribution in [0.15, 0.2) is 52.0 Å². The van der Waals surface area contributed by atoms with Gasteiger partial charge in [0.15, 0.2) is 15.6 Å². The van der Waals surface area contributed by atoms with Crippen LogP contribution in [0.2, 0.25) is 0 Å². The van der Waals surface area contributed by atoms with Crippen LogP contribution in [0.25, 0.3) is 0 Å². The number of benzene rings is 1. The topological polar surface area (TPSA) is 85.6 Å². The lowest BCUT2D eigenvalue weighted by Crippen LogP contribution is -2.32. The summed E-state index contributed by atoms with van der Waals surface area (Å²) in [5.74, 6) is -0.134. The third-order valence-corrected chi connectivity index (χ3v) is 6.83. The zero-order valence-corrected chi connectivity index (χ0v) is 16.9. The van der Waals surface area contributed by atoms with E-state index in [9.17, 15) is 13.2 Å². The van der Waals surface area contributed by atoms with E-state index in [-0.39, 0.29) is 22.5 Å². The van der Waals surface area contributed by atoms with Crippen molar-refractivity contribution < 1.29 is 22.4 Å². The highest BCUT2D eigenvalue weighted by Gasteiger charge is 2.23. The minimum absolute atomic E-state index is 0.0329. The van der Waals surface area contributed by atoms with Crippen LogP contribution in [0.4, 0.5) is 0 Å². The van der Waals surface area contributed by atoms with E-state index in [1.54, 1.807) is 30.3 Å². The Labute approximate surface area is 166 Å². The van der Waals surface area contributed by atoms with Crippen LogP contribution in [0.5, 0.6) is 0 Å². The first-order valence-corrected chi connectivity index (χ1v) is 11.4. The molecule has 0 spiro atoms. The van der Waals surface area contributed by atoms with Gasteiger partial charge < -0.3 is 14.5 Å². The highest BCUT2D eigenvalue weighted by atomic mass is 32.2. The summed E-state index contributed by atoms with van der Waals surface area (Å²) in [7, 11) is -3.55. The fourth-order valence-corrected chi connectivity index (χ4v) is 4.92. The van der Waals surface area contributed by atoms with Crippen LogP contribution < -0.4 is 5.32 Å². The SMILES string of the molecule is CC1CCCCC1OCCNC(=O)c1occc1CS(=O)(=O)c1ccccc1. The van der Waals surface area contributed by atoms with Gasteiger partial charge in [-0.15, -0.1) is 0 Å². The average molecular weight is 406 g/mol. The number of hydrogen-bond donors (Lipinski definition) is 1. The van der Waals surface area contributed by atoms with E-state index in [0.29, 0.717) is 24.6 Å². The van der Waals surface area contributed by atoms with Gasteiger partial charge in [-0.3, -0.25) is 4.79 Å². The standard InChI is InChI=1S/C21H27NO5S/c1-16-7-5-6-10-19(16)26-14-12-22-21(23)20-17(11-13-27-20)15-28(24,25)18-8-3-2-4-9-18/h2-4,8-9,11,13,16,19H,5-7,10,12,14-15H2,1H3,(H,22,23). The summed E-state index contributed by atoms with van der Waals surface area (Å²) in [6, 6.07) is 9.70. The summed E-state index contributed by atoms with van der Waals surface area (Å²) >= 11 is 0. The van der Waals surface area contributed by atoms with E-state index in [1.165, 1.54) is 31.6 Å². The summed E-state index contributed by atoms with van der Waals surface area (Å²) in [4.78, 5) is 12.6. The molecule has 1 aliphatic rings. The molecular weight excluding hydrogens is 378 g/mol. The monoisotopic (exact) mass is 405 g/mol. The fourth-order valence-electron chi connectivity index (χ4n) is 3.55. The van der Waals surface area contributed by atoms with Crippen LogP contribution >= 0.6 is 0 Å². The maximum absolute atomic E-state index is 12.5. The Morgan fingerprint density at radius 2 is 1.93 bits per heavy atom. The van der Waals surface area contributed by atoms with E-state index in [2.05, 4.69) is 12.2 Å². The number of ether oxygens (including phenoxy) is 1. The summed E-state index contributed by atoms with van der Waals surface area (Å²) < 4.78 is 36.2. The average Bonchev–Trinajstić information content (AvgIpc) is 3.14. The first-order chi connectivity index (χ1) is 13.5. The van der Waals surface area contributed by atoms with Crippen LogP contribution in [-0.2, 0) is 20.3 Å². The molecule has 2 atom stereocenters. The molecule has 3 rings (SSSR count). The van der Waals surface area contributed by atoms with E-state index in [0.717, 1.165) is 6.42 Å². The Morgan fingerprint density at radius 1 is 1.18 bits per heavy atom. The van der Waals surface area contributed by atoms with Gasteiger partial charge in [0.1, 0.15) is 0 Å². The van der Waals surface area contributed by atoms with Gasteiger partial charge in [0.2, 0.25) is 0 Å². The summed E-state index contributed by atoms with van der Waals surface area (Å²) in [5, 5.41) is 2.75. The molecule has 28 heavy (non-hydrogen) atoms. The van der Waals surface area contributed by atoms with Crippen molar-refractivity contribution >= 4 is 15.7 Å². The third-order valence-electron chi connectivity index (χ3n) is 5.15.